The molecule has 0 saturated carbocycles. The summed E-state index contributed by atoms with van der Waals surface area (Å²) in [6.07, 6.45) is 0. The number of aryl methyl sites for hydroxylation is 1. The Hall–Kier alpha value is -2.77. The highest BCUT2D eigenvalue weighted by Crippen LogP contribution is 2.15. The van der Waals surface area contributed by atoms with E-state index in [1.165, 1.54) is 12.1 Å². The number of halogens is 1. The average molecular weight is 413 g/mol. The summed E-state index contributed by atoms with van der Waals surface area (Å²) in [5.41, 5.74) is 3.14. The van der Waals surface area contributed by atoms with Gasteiger partial charge in [-0.15, -0.1) is 0 Å². The van der Waals surface area contributed by atoms with E-state index in [0.29, 0.717) is 29.5 Å². The molecule has 0 amide bonds. The van der Waals surface area contributed by atoms with Crippen LogP contribution in [0.3, 0.4) is 0 Å². The molecule has 0 aliphatic heterocycles. The second-order valence-corrected chi connectivity index (χ2v) is 7.76. The van der Waals surface area contributed by atoms with Gasteiger partial charge >= 0.3 is 0 Å². The second kappa shape index (κ2) is 9.15. The van der Waals surface area contributed by atoms with Crippen molar-refractivity contribution in [2.24, 2.45) is 0 Å². The SMILES string of the molecule is Cc1ccc2cc(CN(CCN(C)C)C(=S)Nc3ccc(F)cc3)c(=O)[nH]c2c1. The lowest BCUT2D eigenvalue weighted by atomic mass is 10.1. The molecule has 1 aromatic heterocycles. The van der Waals surface area contributed by atoms with E-state index < -0.39 is 0 Å². The Morgan fingerprint density at radius 2 is 1.83 bits per heavy atom. The maximum absolute atomic E-state index is 13.2. The molecule has 0 fully saturated rings. The number of thiocarbonyl (C=S) groups is 1. The van der Waals surface area contributed by atoms with Gasteiger partial charge in [-0.05, 0) is 80.6 Å². The van der Waals surface area contributed by atoms with Crippen LogP contribution in [0.5, 0.6) is 0 Å². The predicted molar refractivity (Wildman–Crippen MR) is 121 cm³/mol. The molecule has 0 aliphatic rings. The van der Waals surface area contributed by atoms with E-state index >= 15 is 0 Å². The van der Waals surface area contributed by atoms with Crippen molar-refractivity contribution in [1.29, 1.82) is 0 Å². The number of likely N-dealkylation sites (N-methyl/N-ethyl adjacent to an activating group) is 1. The number of aromatic nitrogens is 1. The van der Waals surface area contributed by atoms with Crippen LogP contribution in [0, 0.1) is 12.7 Å². The first-order valence-electron chi connectivity index (χ1n) is 9.40. The fourth-order valence-electron chi connectivity index (χ4n) is 2.99. The van der Waals surface area contributed by atoms with Crippen molar-refractivity contribution >= 4 is 33.9 Å². The summed E-state index contributed by atoms with van der Waals surface area (Å²) in [5, 5.41) is 4.61. The molecule has 0 atom stereocenters. The molecule has 1 heterocycles. The van der Waals surface area contributed by atoms with Crippen LogP contribution in [0.2, 0.25) is 0 Å². The number of hydrogen-bond acceptors (Lipinski definition) is 3. The van der Waals surface area contributed by atoms with E-state index in [4.69, 9.17) is 12.2 Å². The van der Waals surface area contributed by atoms with Crippen LogP contribution >= 0.6 is 12.2 Å². The molecular weight excluding hydrogens is 387 g/mol. The topological polar surface area (TPSA) is 51.4 Å². The molecule has 0 bridgehead atoms. The first-order valence-corrected chi connectivity index (χ1v) is 9.81. The van der Waals surface area contributed by atoms with Crippen molar-refractivity contribution in [2.75, 3.05) is 32.5 Å². The van der Waals surface area contributed by atoms with Crippen molar-refractivity contribution < 1.29 is 4.39 Å². The number of anilines is 1. The van der Waals surface area contributed by atoms with Crippen molar-refractivity contribution in [1.82, 2.24) is 14.8 Å². The van der Waals surface area contributed by atoms with Gasteiger partial charge in [0.05, 0.1) is 6.54 Å². The van der Waals surface area contributed by atoms with Gasteiger partial charge in [-0.1, -0.05) is 12.1 Å². The molecule has 152 valence electrons. The van der Waals surface area contributed by atoms with Crippen molar-refractivity contribution in [3.8, 4) is 0 Å². The molecule has 0 saturated heterocycles. The molecule has 0 unspecified atom stereocenters. The fraction of sp³-hybridized carbons (Fsp3) is 0.273. The molecule has 3 rings (SSSR count). The largest absolute Gasteiger partial charge is 0.343 e. The summed E-state index contributed by atoms with van der Waals surface area (Å²) in [4.78, 5) is 19.6. The van der Waals surface area contributed by atoms with Crippen LogP contribution in [-0.4, -0.2) is 47.1 Å². The molecule has 2 N–H and O–H groups in total. The highest BCUT2D eigenvalue weighted by atomic mass is 32.1. The number of aromatic amines is 1. The third kappa shape index (κ3) is 5.62. The van der Waals surface area contributed by atoms with Crippen LogP contribution in [0.15, 0.2) is 53.3 Å². The van der Waals surface area contributed by atoms with E-state index in [1.807, 2.05) is 50.2 Å². The maximum atomic E-state index is 13.2. The van der Waals surface area contributed by atoms with Gasteiger partial charge in [-0.3, -0.25) is 4.79 Å². The minimum Gasteiger partial charge on any atom is -0.343 e. The van der Waals surface area contributed by atoms with Crippen LogP contribution in [-0.2, 0) is 6.54 Å². The number of fused-ring (bicyclic) bond motifs is 1. The summed E-state index contributed by atoms with van der Waals surface area (Å²) >= 11 is 5.59. The zero-order valence-electron chi connectivity index (χ0n) is 16.8. The van der Waals surface area contributed by atoms with Crippen LogP contribution < -0.4 is 10.9 Å². The summed E-state index contributed by atoms with van der Waals surface area (Å²) in [6.45, 7) is 3.79. The Bertz CT molecular complexity index is 1060. The van der Waals surface area contributed by atoms with Crippen molar-refractivity contribution in [3.63, 3.8) is 0 Å². The number of nitrogens with one attached hydrogen (secondary N) is 2. The minimum atomic E-state index is -0.302. The number of hydrogen-bond donors (Lipinski definition) is 2. The molecule has 2 aromatic carbocycles. The number of H-pyrrole nitrogens is 1. The lowest BCUT2D eigenvalue weighted by molar-refractivity contribution is 0.327. The molecule has 5 nitrogen and oxygen atoms in total. The van der Waals surface area contributed by atoms with Gasteiger partial charge in [0, 0.05) is 29.9 Å². The Morgan fingerprint density at radius 1 is 1.10 bits per heavy atom. The van der Waals surface area contributed by atoms with Crippen LogP contribution in [0.25, 0.3) is 10.9 Å². The summed E-state index contributed by atoms with van der Waals surface area (Å²) in [7, 11) is 3.97. The Morgan fingerprint density at radius 3 is 2.52 bits per heavy atom. The van der Waals surface area contributed by atoms with E-state index in [9.17, 15) is 9.18 Å². The lowest BCUT2D eigenvalue weighted by Gasteiger charge is -2.27. The van der Waals surface area contributed by atoms with Gasteiger partial charge in [0.15, 0.2) is 5.11 Å². The summed E-state index contributed by atoms with van der Waals surface area (Å²) < 4.78 is 13.2. The first-order chi connectivity index (χ1) is 13.8. The first kappa shape index (κ1) is 21.0. The van der Waals surface area contributed by atoms with Crippen molar-refractivity contribution in [2.45, 2.75) is 13.5 Å². The standard InChI is InChI=1S/C22H25FN4OS/c1-15-4-5-16-13-17(21(28)25-20(16)12-15)14-27(11-10-26(2)3)22(29)24-19-8-6-18(23)7-9-19/h4-9,12-13H,10-11,14H2,1-3H3,(H,24,29)(H,25,28). The second-order valence-electron chi connectivity index (χ2n) is 7.38. The summed E-state index contributed by atoms with van der Waals surface area (Å²) in [6, 6.07) is 13.9. The molecule has 3 aromatic rings. The third-order valence-corrected chi connectivity index (χ3v) is 5.00. The monoisotopic (exact) mass is 412 g/mol. The Labute approximate surface area is 175 Å². The van der Waals surface area contributed by atoms with E-state index in [2.05, 4.69) is 15.2 Å². The number of rotatable bonds is 6. The number of nitrogens with zero attached hydrogens (tertiary/aromatic N) is 2. The smallest absolute Gasteiger partial charge is 0.253 e. The van der Waals surface area contributed by atoms with Crippen LogP contribution in [0.1, 0.15) is 11.1 Å². The highest BCUT2D eigenvalue weighted by molar-refractivity contribution is 7.80. The predicted octanol–water partition coefficient (Wildman–Crippen LogP) is 3.74. The quantitative estimate of drug-likeness (QED) is 0.604. The number of benzene rings is 2. The van der Waals surface area contributed by atoms with Gasteiger partial charge in [0.2, 0.25) is 0 Å². The zero-order chi connectivity index (χ0) is 21.0. The van der Waals surface area contributed by atoms with Gasteiger partial charge in [-0.2, -0.15) is 0 Å². The molecular formula is C22H25FN4OS. The normalized spacial score (nSPS) is 11.1. The van der Waals surface area contributed by atoms with Gasteiger partial charge in [-0.25, -0.2) is 4.39 Å². The molecule has 29 heavy (non-hydrogen) atoms. The van der Waals surface area contributed by atoms with Gasteiger partial charge in [0.25, 0.3) is 5.56 Å². The molecule has 0 radical (unpaired) electrons. The minimum absolute atomic E-state index is 0.123. The van der Waals surface area contributed by atoms with Gasteiger partial charge < -0.3 is 20.1 Å². The Kier molecular flexibility index (Phi) is 6.61. The molecule has 0 aliphatic carbocycles. The zero-order valence-corrected chi connectivity index (χ0v) is 17.6. The van der Waals surface area contributed by atoms with E-state index in [1.54, 1.807) is 12.1 Å². The number of pyridine rings is 1. The van der Waals surface area contributed by atoms with Crippen LogP contribution in [0.4, 0.5) is 10.1 Å². The molecule has 0 spiro atoms. The average Bonchev–Trinajstić information content (AvgIpc) is 2.67. The third-order valence-electron chi connectivity index (χ3n) is 4.64. The van der Waals surface area contributed by atoms with Gasteiger partial charge in [0.1, 0.15) is 5.82 Å². The molecule has 7 heteroatoms. The van der Waals surface area contributed by atoms with E-state index in [-0.39, 0.29) is 11.4 Å². The summed E-state index contributed by atoms with van der Waals surface area (Å²) in [5.74, 6) is -0.302. The van der Waals surface area contributed by atoms with E-state index in [0.717, 1.165) is 23.0 Å². The fourth-order valence-corrected chi connectivity index (χ4v) is 3.27. The maximum Gasteiger partial charge on any atom is 0.253 e. The van der Waals surface area contributed by atoms with Crippen molar-refractivity contribution in [3.05, 3.63) is 75.8 Å². The lowest BCUT2D eigenvalue weighted by Crippen LogP contribution is -2.40. The Balaban J connectivity index is 1.84. The highest BCUT2D eigenvalue weighted by Gasteiger charge is 2.14.